The largest absolute Gasteiger partial charge is 0.480 e. The zero-order valence-electron chi connectivity index (χ0n) is 10.0. The number of hydrogen-bond acceptors (Lipinski definition) is 2. The van der Waals surface area contributed by atoms with Crippen molar-refractivity contribution < 1.29 is 14.7 Å². The Hall–Kier alpha value is -2.04. The molecule has 1 aromatic heterocycles. The van der Waals surface area contributed by atoms with E-state index < -0.39 is 12.0 Å². The van der Waals surface area contributed by atoms with Crippen LogP contribution < -0.4 is 5.32 Å². The first-order valence-corrected chi connectivity index (χ1v) is 5.95. The molecule has 0 bridgehead atoms. The number of carboxylic acid groups (broad SMARTS) is 1. The van der Waals surface area contributed by atoms with Crippen molar-refractivity contribution in [2.45, 2.75) is 31.3 Å². The molecule has 1 fully saturated rings. The SMILES string of the molecule is C=CCC(NC(=O)c1cccn1C1CC1)C(=O)O. The van der Waals surface area contributed by atoms with Gasteiger partial charge in [0.15, 0.2) is 0 Å². The molecule has 1 atom stereocenters. The van der Waals surface area contributed by atoms with Gasteiger partial charge < -0.3 is 15.0 Å². The van der Waals surface area contributed by atoms with Crippen LogP contribution in [0.25, 0.3) is 0 Å². The molecule has 1 saturated carbocycles. The fraction of sp³-hybridized carbons (Fsp3) is 0.385. The van der Waals surface area contributed by atoms with Crippen molar-refractivity contribution in [3.63, 3.8) is 0 Å². The topological polar surface area (TPSA) is 71.3 Å². The molecule has 2 N–H and O–H groups in total. The van der Waals surface area contributed by atoms with Gasteiger partial charge in [-0.15, -0.1) is 6.58 Å². The van der Waals surface area contributed by atoms with Crippen molar-refractivity contribution in [1.82, 2.24) is 9.88 Å². The first-order valence-electron chi connectivity index (χ1n) is 5.95. The lowest BCUT2D eigenvalue weighted by Crippen LogP contribution is -2.41. The average molecular weight is 248 g/mol. The minimum Gasteiger partial charge on any atom is -0.480 e. The highest BCUT2D eigenvalue weighted by Crippen LogP contribution is 2.35. The number of nitrogens with one attached hydrogen (secondary N) is 1. The van der Waals surface area contributed by atoms with Crippen LogP contribution in [-0.2, 0) is 4.79 Å². The third kappa shape index (κ3) is 2.61. The third-order valence-corrected chi connectivity index (χ3v) is 2.96. The van der Waals surface area contributed by atoms with E-state index >= 15 is 0 Å². The molecule has 18 heavy (non-hydrogen) atoms. The zero-order valence-corrected chi connectivity index (χ0v) is 10.0. The molecule has 5 nitrogen and oxygen atoms in total. The summed E-state index contributed by atoms with van der Waals surface area (Å²) in [5, 5.41) is 11.5. The van der Waals surface area contributed by atoms with E-state index in [0.717, 1.165) is 12.8 Å². The van der Waals surface area contributed by atoms with Gasteiger partial charge in [-0.25, -0.2) is 4.79 Å². The molecule has 2 rings (SSSR count). The Morgan fingerprint density at radius 1 is 1.61 bits per heavy atom. The van der Waals surface area contributed by atoms with Gasteiger partial charge in [0.25, 0.3) is 5.91 Å². The monoisotopic (exact) mass is 248 g/mol. The van der Waals surface area contributed by atoms with Crippen LogP contribution in [0.15, 0.2) is 31.0 Å². The summed E-state index contributed by atoms with van der Waals surface area (Å²) in [6.45, 7) is 3.49. The molecule has 1 aliphatic rings. The van der Waals surface area contributed by atoms with E-state index in [2.05, 4.69) is 11.9 Å². The van der Waals surface area contributed by atoms with E-state index in [9.17, 15) is 9.59 Å². The number of carbonyl (C=O) groups is 2. The minimum atomic E-state index is -1.05. The molecule has 0 spiro atoms. The summed E-state index contributed by atoms with van der Waals surface area (Å²) in [4.78, 5) is 23.0. The molecular formula is C13H16N2O3. The Labute approximate surface area is 105 Å². The number of hydrogen-bond donors (Lipinski definition) is 2. The molecule has 1 amide bonds. The van der Waals surface area contributed by atoms with Crippen LogP contribution in [0.5, 0.6) is 0 Å². The molecule has 1 aromatic rings. The Kier molecular flexibility index (Phi) is 3.50. The lowest BCUT2D eigenvalue weighted by atomic mass is 10.2. The Morgan fingerprint density at radius 3 is 2.89 bits per heavy atom. The molecule has 0 saturated heterocycles. The standard InChI is InChI=1S/C13H16N2O3/c1-2-4-10(13(17)18)14-12(16)11-5-3-8-15(11)9-6-7-9/h2-3,5,8-10H,1,4,6-7H2,(H,14,16)(H,17,18). The van der Waals surface area contributed by atoms with Crippen LogP contribution in [0.2, 0.25) is 0 Å². The second-order valence-corrected chi connectivity index (χ2v) is 4.42. The summed E-state index contributed by atoms with van der Waals surface area (Å²) >= 11 is 0. The predicted molar refractivity (Wildman–Crippen MR) is 66.4 cm³/mol. The van der Waals surface area contributed by atoms with Crippen LogP contribution in [-0.4, -0.2) is 27.6 Å². The van der Waals surface area contributed by atoms with Crippen LogP contribution in [0.4, 0.5) is 0 Å². The number of amides is 1. The fourth-order valence-corrected chi connectivity index (χ4v) is 1.88. The van der Waals surface area contributed by atoms with Crippen molar-refractivity contribution in [3.05, 3.63) is 36.7 Å². The highest BCUT2D eigenvalue weighted by Gasteiger charge is 2.28. The first kappa shape index (κ1) is 12.4. The molecule has 1 aliphatic carbocycles. The average Bonchev–Trinajstić information content (AvgIpc) is 3.06. The summed E-state index contributed by atoms with van der Waals surface area (Å²) in [5.41, 5.74) is 0.521. The lowest BCUT2D eigenvalue weighted by Gasteiger charge is -2.13. The Bertz CT molecular complexity index is 474. The molecule has 0 aromatic carbocycles. The van der Waals surface area contributed by atoms with Crippen LogP contribution >= 0.6 is 0 Å². The second kappa shape index (κ2) is 5.08. The van der Waals surface area contributed by atoms with Gasteiger partial charge >= 0.3 is 5.97 Å². The van der Waals surface area contributed by atoms with E-state index in [1.54, 1.807) is 12.1 Å². The maximum atomic E-state index is 12.0. The summed E-state index contributed by atoms with van der Waals surface area (Å²) in [7, 11) is 0. The molecule has 1 heterocycles. The van der Waals surface area contributed by atoms with Gasteiger partial charge in [0.1, 0.15) is 11.7 Å². The number of rotatable bonds is 6. The highest BCUT2D eigenvalue weighted by molar-refractivity contribution is 5.95. The van der Waals surface area contributed by atoms with Crippen molar-refractivity contribution in [1.29, 1.82) is 0 Å². The lowest BCUT2D eigenvalue weighted by molar-refractivity contribution is -0.139. The molecule has 96 valence electrons. The fourth-order valence-electron chi connectivity index (χ4n) is 1.88. The molecule has 5 heteroatoms. The first-order chi connectivity index (χ1) is 8.63. The van der Waals surface area contributed by atoms with Crippen molar-refractivity contribution >= 4 is 11.9 Å². The third-order valence-electron chi connectivity index (χ3n) is 2.96. The quantitative estimate of drug-likeness (QED) is 0.751. The van der Waals surface area contributed by atoms with Gasteiger partial charge in [0.05, 0.1) is 0 Å². The molecular weight excluding hydrogens is 232 g/mol. The van der Waals surface area contributed by atoms with Crippen LogP contribution in [0.1, 0.15) is 35.8 Å². The normalized spacial score (nSPS) is 16.0. The van der Waals surface area contributed by atoms with Gasteiger partial charge in [-0.1, -0.05) is 6.08 Å². The highest BCUT2D eigenvalue weighted by atomic mass is 16.4. The maximum absolute atomic E-state index is 12.0. The number of aliphatic carboxylic acids is 1. The van der Waals surface area contributed by atoms with E-state index in [-0.39, 0.29) is 12.3 Å². The number of carbonyl (C=O) groups excluding carboxylic acids is 1. The zero-order chi connectivity index (χ0) is 13.1. The minimum absolute atomic E-state index is 0.214. The van der Waals surface area contributed by atoms with Crippen molar-refractivity contribution in [3.8, 4) is 0 Å². The molecule has 1 unspecified atom stereocenters. The van der Waals surface area contributed by atoms with Gasteiger partial charge in [-0.2, -0.15) is 0 Å². The maximum Gasteiger partial charge on any atom is 0.326 e. The number of nitrogens with zero attached hydrogens (tertiary/aromatic N) is 1. The van der Waals surface area contributed by atoms with Crippen molar-refractivity contribution in [2.24, 2.45) is 0 Å². The molecule has 0 aliphatic heterocycles. The van der Waals surface area contributed by atoms with Gasteiger partial charge in [0.2, 0.25) is 0 Å². The molecule has 0 radical (unpaired) electrons. The summed E-state index contributed by atoms with van der Waals surface area (Å²) in [6.07, 6.45) is 5.70. The summed E-state index contributed by atoms with van der Waals surface area (Å²) in [5.74, 6) is -1.39. The Morgan fingerprint density at radius 2 is 2.33 bits per heavy atom. The predicted octanol–water partition coefficient (Wildman–Crippen LogP) is 1.58. The smallest absolute Gasteiger partial charge is 0.326 e. The van der Waals surface area contributed by atoms with E-state index in [0.29, 0.717) is 11.7 Å². The van der Waals surface area contributed by atoms with E-state index in [1.165, 1.54) is 6.08 Å². The Balaban J connectivity index is 2.08. The number of aromatic nitrogens is 1. The summed E-state index contributed by atoms with van der Waals surface area (Å²) in [6, 6.07) is 2.98. The van der Waals surface area contributed by atoms with Gasteiger partial charge in [0, 0.05) is 12.2 Å². The van der Waals surface area contributed by atoms with Crippen LogP contribution in [0.3, 0.4) is 0 Å². The number of carboxylic acids is 1. The van der Waals surface area contributed by atoms with Crippen molar-refractivity contribution in [2.75, 3.05) is 0 Å². The van der Waals surface area contributed by atoms with Gasteiger partial charge in [-0.3, -0.25) is 4.79 Å². The van der Waals surface area contributed by atoms with Gasteiger partial charge in [-0.05, 0) is 31.4 Å². The van der Waals surface area contributed by atoms with Crippen LogP contribution in [0, 0.1) is 0 Å². The van der Waals surface area contributed by atoms with E-state index in [1.807, 2.05) is 10.8 Å². The summed E-state index contributed by atoms with van der Waals surface area (Å²) < 4.78 is 1.90. The van der Waals surface area contributed by atoms with E-state index in [4.69, 9.17) is 5.11 Å². The second-order valence-electron chi connectivity index (χ2n) is 4.42.